The Bertz CT molecular complexity index is 1250. The molecule has 4 aromatic rings. The first-order valence-corrected chi connectivity index (χ1v) is 10.5. The Morgan fingerprint density at radius 2 is 1.59 bits per heavy atom. The van der Waals surface area contributed by atoms with Crippen molar-refractivity contribution in [3.8, 4) is 0 Å². The van der Waals surface area contributed by atoms with Gasteiger partial charge in [-0.05, 0) is 17.7 Å². The number of halogens is 2. The molecule has 0 amide bonds. The van der Waals surface area contributed by atoms with Gasteiger partial charge in [0.05, 0.1) is 33.4 Å². The molecule has 5 N–H and O–H groups in total. The Kier molecular flexibility index (Phi) is 6.59. The minimum Gasteiger partial charge on any atom is -0.394 e. The minimum atomic E-state index is -1.85. The van der Waals surface area contributed by atoms with Crippen LogP contribution < -0.4 is 0 Å². The molecule has 0 saturated carbocycles. The summed E-state index contributed by atoms with van der Waals surface area (Å²) in [4.78, 5) is 4.66. The molecule has 0 unspecified atom stereocenters. The molecule has 32 heavy (non-hydrogen) atoms. The Labute approximate surface area is 192 Å². The van der Waals surface area contributed by atoms with Crippen LogP contribution in [-0.4, -0.2) is 70.0 Å². The standard InChI is InChI=1S/C21H20Cl2N4O5/c22-11-7-13-15(8-12(11)23)27-20(14(24-13)6-10-4-2-1-3-5-10)25-26-21(27)19(32)18(31)17(30)16(29)9-28/h1-5,7-8,16-19,28-32H,6,9H2/t16-,17-,18+,19+/m1/s1. The highest BCUT2D eigenvalue weighted by Gasteiger charge is 2.34. The van der Waals surface area contributed by atoms with Crippen LogP contribution >= 0.6 is 23.2 Å². The Morgan fingerprint density at radius 3 is 2.28 bits per heavy atom. The van der Waals surface area contributed by atoms with Crippen LogP contribution in [0.3, 0.4) is 0 Å². The molecule has 2 aromatic carbocycles. The number of aliphatic hydroxyl groups is 5. The number of fused-ring (bicyclic) bond motifs is 3. The van der Waals surface area contributed by atoms with Crippen molar-refractivity contribution in [3.63, 3.8) is 0 Å². The summed E-state index contributed by atoms with van der Waals surface area (Å²) in [6.45, 7) is -0.798. The van der Waals surface area contributed by atoms with Crippen molar-refractivity contribution >= 4 is 39.9 Å². The molecule has 11 heteroatoms. The number of hydrogen-bond acceptors (Lipinski definition) is 8. The lowest BCUT2D eigenvalue weighted by atomic mass is 10.0. The highest BCUT2D eigenvalue weighted by molar-refractivity contribution is 6.42. The van der Waals surface area contributed by atoms with Gasteiger partial charge >= 0.3 is 0 Å². The maximum Gasteiger partial charge on any atom is 0.183 e. The lowest BCUT2D eigenvalue weighted by Crippen LogP contribution is -2.43. The average molecular weight is 479 g/mol. The van der Waals surface area contributed by atoms with Crippen LogP contribution in [-0.2, 0) is 6.42 Å². The Balaban J connectivity index is 1.90. The van der Waals surface area contributed by atoms with Gasteiger partial charge in [-0.1, -0.05) is 53.5 Å². The molecule has 0 aliphatic carbocycles. The van der Waals surface area contributed by atoms with E-state index >= 15 is 0 Å². The molecule has 0 saturated heterocycles. The third-order valence-electron chi connectivity index (χ3n) is 5.19. The average Bonchev–Trinajstić information content (AvgIpc) is 3.25. The summed E-state index contributed by atoms with van der Waals surface area (Å²) >= 11 is 12.4. The van der Waals surface area contributed by atoms with E-state index in [2.05, 4.69) is 15.2 Å². The number of aliphatic hydroxyl groups excluding tert-OH is 5. The number of nitrogens with zero attached hydrogens (tertiary/aromatic N) is 4. The Hall–Kier alpha value is -2.37. The molecule has 0 aliphatic rings. The molecule has 2 heterocycles. The van der Waals surface area contributed by atoms with Gasteiger partial charge in [0, 0.05) is 6.42 Å². The molecule has 0 aliphatic heterocycles. The zero-order valence-electron chi connectivity index (χ0n) is 16.5. The van der Waals surface area contributed by atoms with Gasteiger partial charge in [0.25, 0.3) is 0 Å². The molecule has 2 aromatic heterocycles. The number of benzene rings is 2. The first-order valence-electron chi connectivity index (χ1n) is 9.71. The second-order valence-corrected chi connectivity index (χ2v) is 8.18. The smallest absolute Gasteiger partial charge is 0.183 e. The maximum atomic E-state index is 10.7. The van der Waals surface area contributed by atoms with Crippen LogP contribution in [0.4, 0.5) is 0 Å². The summed E-state index contributed by atoms with van der Waals surface area (Å²) in [5, 5.41) is 58.6. The third-order valence-corrected chi connectivity index (χ3v) is 5.92. The van der Waals surface area contributed by atoms with Gasteiger partial charge in [0.15, 0.2) is 11.5 Å². The predicted molar refractivity (Wildman–Crippen MR) is 118 cm³/mol. The van der Waals surface area contributed by atoms with Gasteiger partial charge < -0.3 is 25.5 Å². The van der Waals surface area contributed by atoms with Crippen molar-refractivity contribution in [2.24, 2.45) is 0 Å². The van der Waals surface area contributed by atoms with Gasteiger partial charge in [0.2, 0.25) is 0 Å². The van der Waals surface area contributed by atoms with E-state index in [0.717, 1.165) is 5.56 Å². The lowest BCUT2D eigenvalue weighted by molar-refractivity contribution is -0.118. The molecule has 4 rings (SSSR count). The van der Waals surface area contributed by atoms with Crippen molar-refractivity contribution in [2.45, 2.75) is 30.8 Å². The van der Waals surface area contributed by atoms with Crippen molar-refractivity contribution in [3.05, 3.63) is 69.6 Å². The summed E-state index contributed by atoms with van der Waals surface area (Å²) in [6, 6.07) is 12.7. The van der Waals surface area contributed by atoms with Crippen LogP contribution in [0.2, 0.25) is 10.0 Å². The van der Waals surface area contributed by atoms with Gasteiger partial charge in [-0.2, -0.15) is 0 Å². The van der Waals surface area contributed by atoms with E-state index in [4.69, 9.17) is 28.3 Å². The summed E-state index contributed by atoms with van der Waals surface area (Å²) in [6.07, 6.45) is -6.67. The van der Waals surface area contributed by atoms with E-state index in [-0.39, 0.29) is 15.9 Å². The quantitative estimate of drug-likeness (QED) is 0.267. The van der Waals surface area contributed by atoms with Crippen LogP contribution in [0.1, 0.15) is 23.2 Å². The zero-order valence-corrected chi connectivity index (χ0v) is 18.1. The first kappa shape index (κ1) is 22.8. The van der Waals surface area contributed by atoms with E-state index in [1.165, 1.54) is 10.5 Å². The zero-order chi connectivity index (χ0) is 23.0. The van der Waals surface area contributed by atoms with Crippen LogP contribution in [0, 0.1) is 0 Å². The highest BCUT2D eigenvalue weighted by atomic mass is 35.5. The number of aromatic nitrogens is 4. The Morgan fingerprint density at radius 1 is 0.906 bits per heavy atom. The van der Waals surface area contributed by atoms with Gasteiger partial charge in [0.1, 0.15) is 24.4 Å². The largest absolute Gasteiger partial charge is 0.394 e. The molecule has 168 valence electrons. The van der Waals surface area contributed by atoms with E-state index in [0.29, 0.717) is 28.8 Å². The van der Waals surface area contributed by atoms with Crippen molar-refractivity contribution in [1.29, 1.82) is 0 Å². The summed E-state index contributed by atoms with van der Waals surface area (Å²) in [5.74, 6) is -0.100. The molecule has 4 atom stereocenters. The van der Waals surface area contributed by atoms with E-state index < -0.39 is 31.0 Å². The SMILES string of the molecule is OC[C@@H](O)[C@@H](O)[C@H](O)[C@H](O)c1nnc2c(Cc3ccccc3)nc3cc(Cl)c(Cl)cc3n12. The van der Waals surface area contributed by atoms with Crippen LogP contribution in [0.25, 0.3) is 16.7 Å². The first-order chi connectivity index (χ1) is 15.3. The van der Waals surface area contributed by atoms with Crippen molar-refractivity contribution < 1.29 is 25.5 Å². The maximum absolute atomic E-state index is 10.7. The molecule has 0 spiro atoms. The number of hydrogen-bond donors (Lipinski definition) is 5. The fourth-order valence-electron chi connectivity index (χ4n) is 3.49. The molecule has 0 fully saturated rings. The monoisotopic (exact) mass is 478 g/mol. The summed E-state index contributed by atoms with van der Waals surface area (Å²) < 4.78 is 1.48. The van der Waals surface area contributed by atoms with Crippen molar-refractivity contribution in [1.82, 2.24) is 19.6 Å². The molecule has 9 nitrogen and oxygen atoms in total. The second kappa shape index (κ2) is 9.24. The van der Waals surface area contributed by atoms with Gasteiger partial charge in [-0.15, -0.1) is 10.2 Å². The highest BCUT2D eigenvalue weighted by Crippen LogP contribution is 2.31. The summed E-state index contributed by atoms with van der Waals surface area (Å²) in [7, 11) is 0. The molecule has 0 bridgehead atoms. The van der Waals surface area contributed by atoms with E-state index in [1.54, 1.807) is 6.07 Å². The molecular formula is C21H20Cl2N4O5. The predicted octanol–water partition coefficient (Wildman–Crippen LogP) is 1.28. The molecular weight excluding hydrogens is 459 g/mol. The van der Waals surface area contributed by atoms with Crippen molar-refractivity contribution in [2.75, 3.05) is 6.61 Å². The third kappa shape index (κ3) is 4.16. The second-order valence-electron chi connectivity index (χ2n) is 7.37. The minimum absolute atomic E-state index is 0.100. The molecule has 0 radical (unpaired) electrons. The number of rotatable bonds is 7. The topological polar surface area (TPSA) is 144 Å². The normalized spacial score (nSPS) is 15.7. The fourth-order valence-corrected chi connectivity index (χ4v) is 3.80. The summed E-state index contributed by atoms with van der Waals surface area (Å²) in [5.41, 5.74) is 2.70. The fraction of sp³-hybridized carbons (Fsp3) is 0.286. The van der Waals surface area contributed by atoms with Crippen LogP contribution in [0.15, 0.2) is 42.5 Å². The lowest BCUT2D eigenvalue weighted by Gasteiger charge is -2.24. The van der Waals surface area contributed by atoms with Gasteiger partial charge in [-0.25, -0.2) is 4.98 Å². The van der Waals surface area contributed by atoms with Gasteiger partial charge in [-0.3, -0.25) is 4.40 Å². The van der Waals surface area contributed by atoms with E-state index in [9.17, 15) is 20.4 Å². The van der Waals surface area contributed by atoms with E-state index in [1.807, 2.05) is 30.3 Å². The van der Waals surface area contributed by atoms with Crippen LogP contribution in [0.5, 0.6) is 0 Å².